The van der Waals surface area contributed by atoms with Crippen molar-refractivity contribution in [1.29, 1.82) is 0 Å². The highest BCUT2D eigenvalue weighted by Crippen LogP contribution is 1.98. The molecule has 0 rings (SSSR count). The van der Waals surface area contributed by atoms with Gasteiger partial charge in [0.05, 0.1) is 6.61 Å². The van der Waals surface area contributed by atoms with Crippen LogP contribution in [0, 0.1) is 0 Å². The molecule has 0 unspecified atom stereocenters. The van der Waals surface area contributed by atoms with Gasteiger partial charge in [-0.25, -0.2) is 0 Å². The van der Waals surface area contributed by atoms with E-state index in [4.69, 9.17) is 11.6 Å². The summed E-state index contributed by atoms with van der Waals surface area (Å²) in [6.07, 6.45) is 25.9. The Kier molecular flexibility index (Phi) is 13.0. The summed E-state index contributed by atoms with van der Waals surface area (Å²) in [6, 6.07) is 0. The van der Waals surface area contributed by atoms with Crippen molar-refractivity contribution in [1.82, 2.24) is 0 Å². The quantitative estimate of drug-likeness (QED) is 0.231. The van der Waals surface area contributed by atoms with E-state index in [1.807, 2.05) is 25.2 Å². The first-order valence-electron chi connectivity index (χ1n) is 11.8. The normalized spacial score (nSPS) is 16.7. The fourth-order valence-electron chi connectivity index (χ4n) is 1.94. The molecule has 2 heteroatoms. The molecule has 0 heterocycles. The molecule has 0 aromatic rings. The molecule has 0 amide bonds. The largest absolute Gasteiger partial charge is 0.466 e. The number of allylic oxidation sites excluding steroid dienone is 12. The molecule has 0 fully saturated rings. The monoisotopic (exact) mass is 361 g/mol. The maximum Gasteiger partial charge on any atom is 0.306 e. The average molecular weight is 362 g/mol. The first-order chi connectivity index (χ1) is 14.7. The van der Waals surface area contributed by atoms with Gasteiger partial charge in [0.15, 0.2) is 0 Å². The van der Waals surface area contributed by atoms with E-state index < -0.39 is 13.2 Å². The zero-order valence-electron chi connectivity index (χ0n) is 20.9. The lowest BCUT2D eigenvalue weighted by atomic mass is 10.2. The summed E-state index contributed by atoms with van der Waals surface area (Å²) in [7, 11) is 0. The lowest BCUT2D eigenvalue weighted by Crippen LogP contribution is -2.02. The molecule has 0 aliphatic rings. The number of hydrogen-bond acceptors (Lipinski definition) is 2. The summed E-state index contributed by atoms with van der Waals surface area (Å²) in [5, 5.41) is 0. The van der Waals surface area contributed by atoms with Gasteiger partial charge in [-0.05, 0) is 51.8 Å². The highest BCUT2D eigenvalue weighted by Gasteiger charge is 1.97. The molecule has 144 valence electrons. The zero-order valence-corrected chi connectivity index (χ0v) is 15.9. The molecule has 2 nitrogen and oxygen atoms in total. The predicted molar refractivity (Wildman–Crippen MR) is 114 cm³/mol. The van der Waals surface area contributed by atoms with E-state index in [-0.39, 0.29) is 5.97 Å². The summed E-state index contributed by atoms with van der Waals surface area (Å²) in [5.74, 6) is -0.149. The van der Waals surface area contributed by atoms with Crippen molar-refractivity contribution >= 4 is 5.97 Å². The van der Waals surface area contributed by atoms with E-state index in [1.54, 1.807) is 6.08 Å². The standard InChI is InChI=1S/C24H36O2/c1-3-5-6-7-8-9-10-11-12-13-14-15-16-17-18-19-20-21-22-23-24(25)26-4-2/h5-6,8-9,11-12,14-15,17-18,20-21H,3-4,7,10,13,16,19,22-23H2,1-2H3/b6-5+,9-8+,12-11+,15-14+,18-17+,21-20+/i1D3,3D2. The number of ether oxygens (including phenoxy) is 1. The van der Waals surface area contributed by atoms with Crippen molar-refractivity contribution < 1.29 is 16.4 Å². The second-order valence-corrected chi connectivity index (χ2v) is 5.43. The third kappa shape index (κ3) is 20.0. The van der Waals surface area contributed by atoms with E-state index in [1.165, 1.54) is 0 Å². The summed E-state index contributed by atoms with van der Waals surface area (Å²) in [6.45, 7) is -0.395. The Morgan fingerprint density at radius 1 is 0.769 bits per heavy atom. The van der Waals surface area contributed by atoms with Crippen LogP contribution in [-0.4, -0.2) is 12.6 Å². The van der Waals surface area contributed by atoms with Gasteiger partial charge < -0.3 is 4.74 Å². The van der Waals surface area contributed by atoms with Crippen LogP contribution in [0.2, 0.25) is 0 Å². The third-order valence-corrected chi connectivity index (χ3v) is 3.22. The molecular weight excluding hydrogens is 320 g/mol. The van der Waals surface area contributed by atoms with Gasteiger partial charge in [-0.3, -0.25) is 4.79 Å². The van der Waals surface area contributed by atoms with Crippen molar-refractivity contribution in [2.45, 2.75) is 65.1 Å². The van der Waals surface area contributed by atoms with Crippen molar-refractivity contribution in [3.05, 3.63) is 72.9 Å². The van der Waals surface area contributed by atoms with Crippen LogP contribution in [0.5, 0.6) is 0 Å². The molecule has 0 atom stereocenters. The summed E-state index contributed by atoms with van der Waals surface area (Å²) < 4.78 is 41.1. The minimum Gasteiger partial charge on any atom is -0.466 e. The first-order valence-corrected chi connectivity index (χ1v) is 9.29. The Morgan fingerprint density at radius 3 is 1.62 bits per heavy atom. The smallest absolute Gasteiger partial charge is 0.306 e. The predicted octanol–water partition coefficient (Wildman–Crippen LogP) is 7.03. The van der Waals surface area contributed by atoms with Crippen molar-refractivity contribution in [2.75, 3.05) is 6.61 Å². The van der Waals surface area contributed by atoms with Crippen LogP contribution < -0.4 is 0 Å². The zero-order chi connectivity index (χ0) is 23.4. The summed E-state index contributed by atoms with van der Waals surface area (Å²) in [5.41, 5.74) is 0. The van der Waals surface area contributed by atoms with E-state index in [9.17, 15) is 4.79 Å². The second-order valence-electron chi connectivity index (χ2n) is 5.43. The van der Waals surface area contributed by atoms with E-state index >= 15 is 0 Å². The highest BCUT2D eigenvalue weighted by atomic mass is 16.5. The molecule has 0 bridgehead atoms. The molecular formula is C24H36O2. The number of rotatable bonds is 15. The fraction of sp³-hybridized carbons (Fsp3) is 0.458. The lowest BCUT2D eigenvalue weighted by molar-refractivity contribution is -0.142. The maximum absolute atomic E-state index is 11.2. The molecule has 0 aliphatic heterocycles. The number of carbonyl (C=O) groups is 1. The van der Waals surface area contributed by atoms with Crippen LogP contribution in [0.25, 0.3) is 0 Å². The molecule has 0 aromatic heterocycles. The molecule has 0 radical (unpaired) electrons. The van der Waals surface area contributed by atoms with Gasteiger partial charge >= 0.3 is 5.97 Å². The topological polar surface area (TPSA) is 26.3 Å². The van der Waals surface area contributed by atoms with Gasteiger partial charge in [-0.15, -0.1) is 0 Å². The van der Waals surface area contributed by atoms with Gasteiger partial charge in [0.2, 0.25) is 0 Å². The Balaban J connectivity index is 3.76. The van der Waals surface area contributed by atoms with Crippen LogP contribution in [0.4, 0.5) is 0 Å². The maximum atomic E-state index is 11.2. The molecule has 26 heavy (non-hydrogen) atoms. The Bertz CT molecular complexity index is 653. The van der Waals surface area contributed by atoms with Crippen LogP contribution in [0.3, 0.4) is 0 Å². The number of carbonyl (C=O) groups excluding carboxylic acids is 1. The minimum atomic E-state index is -2.64. The molecule has 0 N–H and O–H groups in total. The second kappa shape index (κ2) is 21.0. The third-order valence-electron chi connectivity index (χ3n) is 3.22. The molecule has 0 saturated heterocycles. The van der Waals surface area contributed by atoms with Gasteiger partial charge in [0, 0.05) is 13.3 Å². The van der Waals surface area contributed by atoms with Crippen molar-refractivity contribution in [3.63, 3.8) is 0 Å². The van der Waals surface area contributed by atoms with Crippen molar-refractivity contribution in [2.24, 2.45) is 0 Å². The molecule has 0 aromatic carbocycles. The van der Waals surface area contributed by atoms with Gasteiger partial charge in [0.25, 0.3) is 0 Å². The van der Waals surface area contributed by atoms with Gasteiger partial charge in [-0.1, -0.05) is 79.8 Å². The average Bonchev–Trinajstić information content (AvgIpc) is 2.69. The highest BCUT2D eigenvalue weighted by molar-refractivity contribution is 5.69. The van der Waals surface area contributed by atoms with Gasteiger partial charge in [0.1, 0.15) is 0 Å². The molecule has 0 aliphatic carbocycles. The molecule has 0 saturated carbocycles. The van der Waals surface area contributed by atoms with Crippen LogP contribution in [0.1, 0.15) is 71.9 Å². The summed E-state index contributed by atoms with van der Waals surface area (Å²) in [4.78, 5) is 11.2. The SMILES string of the molecule is [2H]C([2H])([2H])C([2H])([2H])/C=C/C/C=C/C/C=C/C/C=C/C/C=C/C/C=C/CCC(=O)OCC. The number of esters is 1. The summed E-state index contributed by atoms with van der Waals surface area (Å²) >= 11 is 0. The fourth-order valence-corrected chi connectivity index (χ4v) is 1.94. The first kappa shape index (κ1) is 16.1. The number of hydrogen-bond donors (Lipinski definition) is 0. The lowest BCUT2D eigenvalue weighted by Gasteiger charge is -1.97. The Morgan fingerprint density at radius 2 is 1.19 bits per heavy atom. The molecule has 0 spiro atoms. The van der Waals surface area contributed by atoms with E-state index in [2.05, 4.69) is 42.5 Å². The van der Waals surface area contributed by atoms with Crippen molar-refractivity contribution in [3.8, 4) is 0 Å². The van der Waals surface area contributed by atoms with Gasteiger partial charge in [-0.2, -0.15) is 0 Å². The Labute approximate surface area is 167 Å². The van der Waals surface area contributed by atoms with E-state index in [0.717, 1.165) is 31.8 Å². The minimum absolute atomic E-state index is 0.149. The van der Waals surface area contributed by atoms with Crippen LogP contribution in [0.15, 0.2) is 72.9 Å². The van der Waals surface area contributed by atoms with Crippen LogP contribution in [-0.2, 0) is 9.53 Å². The van der Waals surface area contributed by atoms with E-state index in [0.29, 0.717) is 25.9 Å². The van der Waals surface area contributed by atoms with Crippen LogP contribution >= 0.6 is 0 Å². The Hall–Kier alpha value is -2.09.